The van der Waals surface area contributed by atoms with E-state index in [0.29, 0.717) is 6.04 Å². The van der Waals surface area contributed by atoms with Gasteiger partial charge in [-0.25, -0.2) is 0 Å². The van der Waals surface area contributed by atoms with Crippen molar-refractivity contribution in [2.45, 2.75) is 39.2 Å². The zero-order chi connectivity index (χ0) is 13.0. The molecular formula is C15H21N3. The van der Waals surface area contributed by atoms with Crippen LogP contribution in [0, 0.1) is 0 Å². The van der Waals surface area contributed by atoms with Gasteiger partial charge in [-0.2, -0.15) is 0 Å². The monoisotopic (exact) mass is 243 g/mol. The molecule has 0 amide bonds. The molecule has 0 fully saturated rings. The van der Waals surface area contributed by atoms with Crippen LogP contribution in [0.25, 0.3) is 10.9 Å². The number of nitrogens with zero attached hydrogens (tertiary/aromatic N) is 1. The number of nitrogens with one attached hydrogen (secondary N) is 1. The normalized spacial score (nSPS) is 12.6. The number of nitrogen functional groups attached to an aromatic ring is 1. The Balaban J connectivity index is 2.25. The van der Waals surface area contributed by atoms with E-state index in [-0.39, 0.29) is 0 Å². The van der Waals surface area contributed by atoms with Gasteiger partial charge in [0.2, 0.25) is 0 Å². The van der Waals surface area contributed by atoms with Crippen molar-refractivity contribution in [1.82, 2.24) is 4.98 Å². The molecule has 0 aliphatic carbocycles. The standard InChI is InChI=1S/C15H21N3/c1-3-4-6-11(2)18-14-9-10-17-15-12(14)7-5-8-13(15)16/h5,7-11H,3-4,6,16H2,1-2H3,(H,17,18). The highest BCUT2D eigenvalue weighted by atomic mass is 14.9. The van der Waals surface area contributed by atoms with Gasteiger partial charge in [0, 0.05) is 23.3 Å². The number of aromatic nitrogens is 1. The molecule has 3 heteroatoms. The summed E-state index contributed by atoms with van der Waals surface area (Å²) >= 11 is 0. The molecule has 3 N–H and O–H groups in total. The van der Waals surface area contributed by atoms with Crippen molar-refractivity contribution >= 4 is 22.3 Å². The lowest BCUT2D eigenvalue weighted by Gasteiger charge is -2.16. The van der Waals surface area contributed by atoms with Gasteiger partial charge in [-0.3, -0.25) is 4.98 Å². The molecule has 1 aromatic carbocycles. The van der Waals surface area contributed by atoms with Gasteiger partial charge in [0.1, 0.15) is 0 Å². The highest BCUT2D eigenvalue weighted by Crippen LogP contribution is 2.26. The number of rotatable bonds is 5. The van der Waals surface area contributed by atoms with Gasteiger partial charge < -0.3 is 11.1 Å². The zero-order valence-corrected chi connectivity index (χ0v) is 11.1. The predicted octanol–water partition coefficient (Wildman–Crippen LogP) is 3.81. The fraction of sp³-hybridized carbons (Fsp3) is 0.400. The predicted molar refractivity (Wildman–Crippen MR) is 78.8 cm³/mol. The number of benzene rings is 1. The summed E-state index contributed by atoms with van der Waals surface area (Å²) in [6.07, 6.45) is 5.48. The van der Waals surface area contributed by atoms with Gasteiger partial charge >= 0.3 is 0 Å². The third kappa shape index (κ3) is 2.73. The molecule has 1 aromatic heterocycles. The minimum absolute atomic E-state index is 0.469. The molecule has 18 heavy (non-hydrogen) atoms. The lowest BCUT2D eigenvalue weighted by Crippen LogP contribution is -2.15. The summed E-state index contributed by atoms with van der Waals surface area (Å²) in [4.78, 5) is 4.35. The Labute approximate surface area is 108 Å². The van der Waals surface area contributed by atoms with E-state index in [1.54, 1.807) is 0 Å². The SMILES string of the molecule is CCCCC(C)Nc1ccnc2c(N)cccc12. The summed E-state index contributed by atoms with van der Waals surface area (Å²) in [6.45, 7) is 4.43. The van der Waals surface area contributed by atoms with Crippen LogP contribution < -0.4 is 11.1 Å². The fourth-order valence-corrected chi connectivity index (χ4v) is 2.17. The van der Waals surface area contributed by atoms with Crippen molar-refractivity contribution < 1.29 is 0 Å². The van der Waals surface area contributed by atoms with Crippen molar-refractivity contribution in [1.29, 1.82) is 0 Å². The first-order chi connectivity index (χ1) is 8.72. The number of pyridine rings is 1. The van der Waals surface area contributed by atoms with Crippen molar-refractivity contribution in [2.75, 3.05) is 11.1 Å². The summed E-state index contributed by atoms with van der Waals surface area (Å²) in [7, 11) is 0. The second-order valence-electron chi connectivity index (χ2n) is 4.79. The van der Waals surface area contributed by atoms with E-state index in [0.717, 1.165) is 22.3 Å². The molecule has 3 nitrogen and oxygen atoms in total. The molecule has 0 aliphatic rings. The quantitative estimate of drug-likeness (QED) is 0.785. The van der Waals surface area contributed by atoms with Crippen LogP contribution in [0.15, 0.2) is 30.5 Å². The van der Waals surface area contributed by atoms with Gasteiger partial charge in [-0.05, 0) is 25.5 Å². The summed E-state index contributed by atoms with van der Waals surface area (Å²) in [6, 6.07) is 8.41. The number of para-hydroxylation sites is 1. The Morgan fingerprint density at radius 1 is 1.33 bits per heavy atom. The van der Waals surface area contributed by atoms with Crippen molar-refractivity contribution in [3.8, 4) is 0 Å². The highest BCUT2D eigenvalue weighted by Gasteiger charge is 2.06. The molecule has 2 aromatic rings. The molecule has 96 valence electrons. The second-order valence-corrected chi connectivity index (χ2v) is 4.79. The average Bonchev–Trinajstić information content (AvgIpc) is 2.38. The first-order valence-corrected chi connectivity index (χ1v) is 6.62. The van der Waals surface area contributed by atoms with Crippen LogP contribution in [0.1, 0.15) is 33.1 Å². The molecule has 1 heterocycles. The fourth-order valence-electron chi connectivity index (χ4n) is 2.17. The van der Waals surface area contributed by atoms with Crippen LogP contribution in [0.3, 0.4) is 0 Å². The lowest BCUT2D eigenvalue weighted by molar-refractivity contribution is 0.645. The Kier molecular flexibility index (Phi) is 4.03. The molecule has 0 bridgehead atoms. The van der Waals surface area contributed by atoms with Gasteiger partial charge in [0.15, 0.2) is 0 Å². The van der Waals surface area contributed by atoms with Crippen LogP contribution in [0.4, 0.5) is 11.4 Å². The Hall–Kier alpha value is -1.77. The van der Waals surface area contributed by atoms with Gasteiger partial charge in [-0.1, -0.05) is 31.9 Å². The Bertz CT molecular complexity index is 522. The van der Waals surface area contributed by atoms with Crippen molar-refractivity contribution in [3.63, 3.8) is 0 Å². The summed E-state index contributed by atoms with van der Waals surface area (Å²) in [5.74, 6) is 0. The molecule has 0 saturated heterocycles. The summed E-state index contributed by atoms with van der Waals surface area (Å²) < 4.78 is 0. The van der Waals surface area contributed by atoms with E-state index < -0.39 is 0 Å². The number of anilines is 2. The van der Waals surface area contributed by atoms with Crippen LogP contribution >= 0.6 is 0 Å². The Morgan fingerprint density at radius 3 is 2.94 bits per heavy atom. The number of fused-ring (bicyclic) bond motifs is 1. The molecule has 0 aliphatic heterocycles. The largest absolute Gasteiger partial charge is 0.397 e. The minimum Gasteiger partial charge on any atom is -0.397 e. The second kappa shape index (κ2) is 5.71. The van der Waals surface area contributed by atoms with E-state index in [1.165, 1.54) is 19.3 Å². The van der Waals surface area contributed by atoms with E-state index in [1.807, 2.05) is 24.4 Å². The number of hydrogen-bond donors (Lipinski definition) is 2. The van der Waals surface area contributed by atoms with Crippen LogP contribution in [0.5, 0.6) is 0 Å². The molecule has 1 atom stereocenters. The molecule has 2 rings (SSSR count). The Morgan fingerprint density at radius 2 is 2.17 bits per heavy atom. The van der Waals surface area contributed by atoms with Gasteiger partial charge in [0.25, 0.3) is 0 Å². The maximum atomic E-state index is 5.95. The van der Waals surface area contributed by atoms with E-state index in [9.17, 15) is 0 Å². The third-order valence-electron chi connectivity index (χ3n) is 3.19. The average molecular weight is 243 g/mol. The molecule has 0 radical (unpaired) electrons. The first kappa shape index (κ1) is 12.7. The smallest absolute Gasteiger partial charge is 0.0951 e. The topological polar surface area (TPSA) is 50.9 Å². The van der Waals surface area contributed by atoms with Crippen LogP contribution in [-0.4, -0.2) is 11.0 Å². The van der Waals surface area contributed by atoms with E-state index >= 15 is 0 Å². The maximum Gasteiger partial charge on any atom is 0.0951 e. The number of nitrogens with two attached hydrogens (primary N) is 1. The summed E-state index contributed by atoms with van der Waals surface area (Å²) in [5, 5.41) is 4.65. The molecular weight excluding hydrogens is 222 g/mol. The maximum absolute atomic E-state index is 5.95. The molecule has 1 unspecified atom stereocenters. The first-order valence-electron chi connectivity index (χ1n) is 6.62. The van der Waals surface area contributed by atoms with E-state index in [2.05, 4.69) is 30.2 Å². The lowest BCUT2D eigenvalue weighted by atomic mass is 10.1. The molecule has 0 saturated carbocycles. The van der Waals surface area contributed by atoms with Crippen LogP contribution in [0.2, 0.25) is 0 Å². The number of unbranched alkanes of at least 4 members (excludes halogenated alkanes) is 1. The van der Waals surface area contributed by atoms with Crippen molar-refractivity contribution in [2.24, 2.45) is 0 Å². The third-order valence-corrected chi connectivity index (χ3v) is 3.19. The van der Waals surface area contributed by atoms with E-state index in [4.69, 9.17) is 5.73 Å². The van der Waals surface area contributed by atoms with Gasteiger partial charge in [-0.15, -0.1) is 0 Å². The minimum atomic E-state index is 0.469. The van der Waals surface area contributed by atoms with Crippen molar-refractivity contribution in [3.05, 3.63) is 30.5 Å². The van der Waals surface area contributed by atoms with Crippen LogP contribution in [-0.2, 0) is 0 Å². The molecule has 0 spiro atoms. The highest BCUT2D eigenvalue weighted by molar-refractivity contribution is 5.97. The van der Waals surface area contributed by atoms with Gasteiger partial charge in [0.05, 0.1) is 11.2 Å². The zero-order valence-electron chi connectivity index (χ0n) is 11.1. The summed E-state index contributed by atoms with van der Waals surface area (Å²) in [5.41, 5.74) is 8.68. The number of hydrogen-bond acceptors (Lipinski definition) is 3.